The standard InChI is InChI=1S/C21H26N6O/c1-26(14-18-12-20(24-23-18)16-6-3-2-4-7-16)21(28)15-27-11-9-19(25-27)17-8-5-10-22-13-17/h2-4,6-7,9,11-12,17,22H,5,8,10,13-15H2,1H3,(H,23,24). The molecule has 0 spiro atoms. The summed E-state index contributed by atoms with van der Waals surface area (Å²) in [4.78, 5) is 14.3. The Labute approximate surface area is 164 Å². The number of piperidine rings is 1. The molecule has 1 amide bonds. The third-order valence-electron chi connectivity index (χ3n) is 5.21. The number of amides is 1. The predicted molar refractivity (Wildman–Crippen MR) is 108 cm³/mol. The van der Waals surface area contributed by atoms with Gasteiger partial charge in [-0.15, -0.1) is 0 Å². The lowest BCUT2D eigenvalue weighted by Gasteiger charge is -2.20. The second-order valence-corrected chi connectivity index (χ2v) is 7.38. The fraction of sp³-hybridized carbons (Fsp3) is 0.381. The molecular weight excluding hydrogens is 352 g/mol. The Morgan fingerprint density at radius 3 is 2.93 bits per heavy atom. The molecule has 7 nitrogen and oxygen atoms in total. The third-order valence-corrected chi connectivity index (χ3v) is 5.21. The molecule has 28 heavy (non-hydrogen) atoms. The van der Waals surface area contributed by atoms with Gasteiger partial charge in [0.2, 0.25) is 5.91 Å². The highest BCUT2D eigenvalue weighted by atomic mass is 16.2. The van der Waals surface area contributed by atoms with Crippen molar-refractivity contribution in [3.8, 4) is 11.3 Å². The number of nitrogens with zero attached hydrogens (tertiary/aromatic N) is 4. The van der Waals surface area contributed by atoms with Crippen molar-refractivity contribution in [2.75, 3.05) is 20.1 Å². The van der Waals surface area contributed by atoms with Gasteiger partial charge in [-0.3, -0.25) is 14.6 Å². The number of carbonyl (C=O) groups is 1. The molecule has 1 atom stereocenters. The van der Waals surface area contributed by atoms with Crippen molar-refractivity contribution in [3.63, 3.8) is 0 Å². The van der Waals surface area contributed by atoms with Crippen LogP contribution in [0, 0.1) is 0 Å². The number of likely N-dealkylation sites (N-methyl/N-ethyl adjacent to an activating group) is 1. The summed E-state index contributed by atoms with van der Waals surface area (Å²) in [5.74, 6) is 0.469. The van der Waals surface area contributed by atoms with Crippen LogP contribution in [-0.4, -0.2) is 50.9 Å². The molecule has 1 aliphatic rings. The summed E-state index contributed by atoms with van der Waals surface area (Å²) in [6.07, 6.45) is 4.23. The van der Waals surface area contributed by atoms with Gasteiger partial charge in [-0.05, 0) is 31.5 Å². The number of carbonyl (C=O) groups excluding carboxylic acids is 1. The normalized spacial score (nSPS) is 16.8. The van der Waals surface area contributed by atoms with Gasteiger partial charge in [-0.2, -0.15) is 10.2 Å². The van der Waals surface area contributed by atoms with E-state index in [9.17, 15) is 4.79 Å². The lowest BCUT2D eigenvalue weighted by Crippen LogP contribution is -2.30. The summed E-state index contributed by atoms with van der Waals surface area (Å²) in [6.45, 7) is 2.78. The van der Waals surface area contributed by atoms with E-state index in [1.54, 1.807) is 16.6 Å². The zero-order valence-electron chi connectivity index (χ0n) is 16.1. The zero-order chi connectivity index (χ0) is 19.3. The molecule has 3 aromatic rings. The number of benzene rings is 1. The number of nitrogens with one attached hydrogen (secondary N) is 2. The molecule has 2 N–H and O–H groups in total. The summed E-state index contributed by atoms with van der Waals surface area (Å²) in [5, 5.41) is 15.4. The fourth-order valence-electron chi connectivity index (χ4n) is 3.59. The van der Waals surface area contributed by atoms with Crippen LogP contribution >= 0.6 is 0 Å². The quantitative estimate of drug-likeness (QED) is 0.690. The van der Waals surface area contributed by atoms with Crippen molar-refractivity contribution in [1.82, 2.24) is 30.2 Å². The van der Waals surface area contributed by atoms with Crippen molar-refractivity contribution in [1.29, 1.82) is 0 Å². The number of rotatable bonds is 6. The Balaban J connectivity index is 1.34. The average Bonchev–Trinajstić information content (AvgIpc) is 3.39. The third kappa shape index (κ3) is 4.31. The Bertz CT molecular complexity index is 910. The number of H-pyrrole nitrogens is 1. The minimum atomic E-state index is 0.0206. The zero-order valence-corrected chi connectivity index (χ0v) is 16.1. The highest BCUT2D eigenvalue weighted by Gasteiger charge is 2.18. The molecule has 2 aromatic heterocycles. The number of aromatic amines is 1. The first-order valence-corrected chi connectivity index (χ1v) is 9.77. The first-order chi connectivity index (χ1) is 13.7. The van der Waals surface area contributed by atoms with Crippen LogP contribution in [0.2, 0.25) is 0 Å². The van der Waals surface area contributed by atoms with Crippen LogP contribution in [0.15, 0.2) is 48.7 Å². The Hall–Kier alpha value is -2.93. The smallest absolute Gasteiger partial charge is 0.244 e. The molecule has 4 rings (SSSR count). The summed E-state index contributed by atoms with van der Waals surface area (Å²) >= 11 is 0. The first-order valence-electron chi connectivity index (χ1n) is 9.77. The van der Waals surface area contributed by atoms with Crippen LogP contribution in [0.1, 0.15) is 30.1 Å². The minimum absolute atomic E-state index is 0.0206. The predicted octanol–water partition coefficient (Wildman–Crippen LogP) is 2.40. The molecular formula is C21H26N6O. The lowest BCUT2D eigenvalue weighted by atomic mass is 9.97. The first kappa shape index (κ1) is 18.4. The summed E-state index contributed by atoms with van der Waals surface area (Å²) in [7, 11) is 1.81. The van der Waals surface area contributed by atoms with Crippen LogP contribution in [0.25, 0.3) is 11.3 Å². The molecule has 0 aliphatic carbocycles. The van der Waals surface area contributed by atoms with Crippen molar-refractivity contribution in [3.05, 3.63) is 60.0 Å². The maximum absolute atomic E-state index is 12.6. The maximum atomic E-state index is 12.6. The highest BCUT2D eigenvalue weighted by Crippen LogP contribution is 2.21. The van der Waals surface area contributed by atoms with Crippen LogP contribution in [0.4, 0.5) is 0 Å². The summed E-state index contributed by atoms with van der Waals surface area (Å²) < 4.78 is 1.74. The lowest BCUT2D eigenvalue weighted by molar-refractivity contribution is -0.131. The van der Waals surface area contributed by atoms with E-state index in [2.05, 4.69) is 20.6 Å². The molecule has 1 saturated heterocycles. The molecule has 1 aromatic carbocycles. The van der Waals surface area contributed by atoms with Gasteiger partial charge >= 0.3 is 0 Å². The largest absolute Gasteiger partial charge is 0.338 e. The molecule has 146 valence electrons. The van der Waals surface area contributed by atoms with Gasteiger partial charge in [0.1, 0.15) is 6.54 Å². The molecule has 1 fully saturated rings. The van der Waals surface area contributed by atoms with Gasteiger partial charge in [0, 0.05) is 31.3 Å². The average molecular weight is 378 g/mol. The van der Waals surface area contributed by atoms with E-state index in [0.29, 0.717) is 12.5 Å². The number of aromatic nitrogens is 4. The van der Waals surface area contributed by atoms with Crippen molar-refractivity contribution >= 4 is 5.91 Å². The Kier molecular flexibility index (Phi) is 5.53. The molecule has 7 heteroatoms. The van der Waals surface area contributed by atoms with E-state index in [-0.39, 0.29) is 12.5 Å². The molecule has 1 unspecified atom stereocenters. The van der Waals surface area contributed by atoms with Crippen molar-refractivity contribution < 1.29 is 4.79 Å². The Morgan fingerprint density at radius 1 is 1.29 bits per heavy atom. The number of hydrogen-bond acceptors (Lipinski definition) is 4. The van der Waals surface area contributed by atoms with Gasteiger partial charge < -0.3 is 10.2 Å². The van der Waals surface area contributed by atoms with E-state index in [4.69, 9.17) is 0 Å². The van der Waals surface area contributed by atoms with Gasteiger partial charge in [0.15, 0.2) is 0 Å². The minimum Gasteiger partial charge on any atom is -0.338 e. The van der Waals surface area contributed by atoms with E-state index in [1.807, 2.05) is 48.7 Å². The van der Waals surface area contributed by atoms with Gasteiger partial charge in [-0.1, -0.05) is 30.3 Å². The Morgan fingerprint density at radius 2 is 2.14 bits per heavy atom. The van der Waals surface area contributed by atoms with E-state index < -0.39 is 0 Å². The molecule has 0 radical (unpaired) electrons. The number of hydrogen-bond donors (Lipinski definition) is 2. The van der Waals surface area contributed by atoms with Crippen molar-refractivity contribution in [2.24, 2.45) is 0 Å². The second kappa shape index (κ2) is 8.39. The van der Waals surface area contributed by atoms with E-state index in [1.165, 1.54) is 6.42 Å². The topological polar surface area (TPSA) is 78.8 Å². The molecule has 0 bridgehead atoms. The fourth-order valence-corrected chi connectivity index (χ4v) is 3.59. The van der Waals surface area contributed by atoms with E-state index >= 15 is 0 Å². The van der Waals surface area contributed by atoms with Crippen LogP contribution in [-0.2, 0) is 17.9 Å². The summed E-state index contributed by atoms with van der Waals surface area (Å²) in [5.41, 5.74) is 3.92. The van der Waals surface area contributed by atoms with Gasteiger partial charge in [0.25, 0.3) is 0 Å². The van der Waals surface area contributed by atoms with Crippen LogP contribution in [0.3, 0.4) is 0 Å². The molecule has 1 aliphatic heterocycles. The monoisotopic (exact) mass is 378 g/mol. The molecule has 3 heterocycles. The molecule has 0 saturated carbocycles. The van der Waals surface area contributed by atoms with Crippen LogP contribution < -0.4 is 5.32 Å². The SMILES string of the molecule is CN(Cc1cc(-c2ccccc2)n[nH]1)C(=O)Cn1ccc(C2CCCNC2)n1. The van der Waals surface area contributed by atoms with Gasteiger partial charge in [0.05, 0.1) is 23.6 Å². The van der Waals surface area contributed by atoms with Crippen LogP contribution in [0.5, 0.6) is 0 Å². The highest BCUT2D eigenvalue weighted by molar-refractivity contribution is 5.75. The van der Waals surface area contributed by atoms with Crippen molar-refractivity contribution in [2.45, 2.75) is 31.8 Å². The summed E-state index contributed by atoms with van der Waals surface area (Å²) in [6, 6.07) is 14.0. The van der Waals surface area contributed by atoms with E-state index in [0.717, 1.165) is 42.2 Å². The maximum Gasteiger partial charge on any atom is 0.244 e. The second-order valence-electron chi connectivity index (χ2n) is 7.38. The van der Waals surface area contributed by atoms with Gasteiger partial charge in [-0.25, -0.2) is 0 Å².